The maximum Gasteiger partial charge on any atom is 0.410 e. The Balaban J connectivity index is 0.000000211. The number of nitrogens with one attached hydrogen (secondary N) is 2. The van der Waals surface area contributed by atoms with E-state index in [1.807, 2.05) is 77.9 Å². The van der Waals surface area contributed by atoms with E-state index in [2.05, 4.69) is 37.5 Å². The summed E-state index contributed by atoms with van der Waals surface area (Å²) in [4.78, 5) is 46.5. The molecule has 2 amide bonds. The molecular formula is C51H59Cl4N9O8. The Kier molecular flexibility index (Phi) is 16.5. The van der Waals surface area contributed by atoms with Gasteiger partial charge >= 0.3 is 12.2 Å². The van der Waals surface area contributed by atoms with E-state index < -0.39 is 11.2 Å². The number of carbonyl (C=O) groups excluding carboxylic acids is 2. The van der Waals surface area contributed by atoms with E-state index in [9.17, 15) is 9.59 Å². The zero-order valence-electron chi connectivity index (χ0n) is 41.9. The van der Waals surface area contributed by atoms with Gasteiger partial charge in [-0.1, -0.05) is 65.5 Å². The molecule has 2 unspecified atom stereocenters. The summed E-state index contributed by atoms with van der Waals surface area (Å²) in [6, 6.07) is 14.2. The second-order valence-electron chi connectivity index (χ2n) is 19.4. The lowest BCUT2D eigenvalue weighted by Gasteiger charge is -2.24. The SMILES string of the molecule is COc1cc(OC)c(Cl)c(-c2ccc3nc(NC4CN(C(=O)OC(C)(C)C)C[C@@H]4C)ncc3c2)c1Cl.COc1cc(OC)c(Cl)c(-c2ccc3nc(NC4CN(C(=O)OC(C)(C)C)C[C@@H]4N)ncc3c2)c1Cl. The molecule has 0 radical (unpaired) electrons. The number of amides is 2. The summed E-state index contributed by atoms with van der Waals surface area (Å²) in [7, 11) is 6.15. The van der Waals surface area contributed by atoms with Crippen molar-refractivity contribution < 1.29 is 38.0 Å². The topological polar surface area (TPSA) is 198 Å². The number of fused-ring (bicyclic) bond motifs is 2. The van der Waals surface area contributed by atoms with Crippen LogP contribution in [0.4, 0.5) is 21.5 Å². The maximum atomic E-state index is 12.5. The molecule has 0 aliphatic carbocycles. The fourth-order valence-corrected chi connectivity index (χ4v) is 9.65. The molecule has 0 bridgehead atoms. The van der Waals surface area contributed by atoms with Crippen LogP contribution < -0.4 is 35.3 Å². The average molecular weight is 1070 g/mol. The molecule has 384 valence electrons. The van der Waals surface area contributed by atoms with Gasteiger partial charge in [0.15, 0.2) is 0 Å². The third-order valence-electron chi connectivity index (χ3n) is 11.8. The Labute approximate surface area is 438 Å². The quantitative estimate of drug-likeness (QED) is 0.117. The van der Waals surface area contributed by atoms with E-state index in [4.69, 9.17) is 80.6 Å². The van der Waals surface area contributed by atoms with Crippen molar-refractivity contribution in [2.24, 2.45) is 11.7 Å². The number of benzene rings is 4. The van der Waals surface area contributed by atoms with Crippen LogP contribution in [0.25, 0.3) is 44.1 Å². The number of methoxy groups -OCH3 is 4. The summed E-state index contributed by atoms with van der Waals surface area (Å²) in [5, 5.41) is 9.79. The van der Waals surface area contributed by atoms with E-state index >= 15 is 0 Å². The van der Waals surface area contributed by atoms with Gasteiger partial charge in [0.2, 0.25) is 11.9 Å². The van der Waals surface area contributed by atoms with Crippen molar-refractivity contribution in [2.75, 3.05) is 65.3 Å². The highest BCUT2D eigenvalue weighted by molar-refractivity contribution is 6.42. The third-order valence-corrected chi connectivity index (χ3v) is 13.3. The minimum absolute atomic E-state index is 0.0103. The molecule has 2 aromatic heterocycles. The first-order valence-electron chi connectivity index (χ1n) is 23.0. The molecule has 4 heterocycles. The molecule has 4 atom stereocenters. The second kappa shape index (κ2) is 22.0. The Hall–Kier alpha value is -5.98. The third kappa shape index (κ3) is 12.3. The molecular weight excluding hydrogens is 1010 g/mol. The maximum absolute atomic E-state index is 12.5. The molecule has 8 rings (SSSR count). The van der Waals surface area contributed by atoms with Crippen LogP contribution in [0, 0.1) is 5.92 Å². The molecule has 2 aliphatic heterocycles. The van der Waals surface area contributed by atoms with Crippen LogP contribution in [0.1, 0.15) is 48.5 Å². The van der Waals surface area contributed by atoms with Crippen molar-refractivity contribution >= 4 is 92.3 Å². The number of ether oxygens (including phenoxy) is 6. The van der Waals surface area contributed by atoms with Crippen molar-refractivity contribution in [3.8, 4) is 45.3 Å². The monoisotopic (exact) mass is 1070 g/mol. The summed E-state index contributed by atoms with van der Waals surface area (Å²) < 4.78 is 32.5. The lowest BCUT2D eigenvalue weighted by molar-refractivity contribution is 0.0279. The molecule has 2 aliphatic rings. The number of carbonyl (C=O) groups is 2. The van der Waals surface area contributed by atoms with Gasteiger partial charge in [0.1, 0.15) is 34.2 Å². The van der Waals surface area contributed by atoms with Crippen molar-refractivity contribution in [3.63, 3.8) is 0 Å². The van der Waals surface area contributed by atoms with Crippen LogP contribution in [0.3, 0.4) is 0 Å². The summed E-state index contributed by atoms with van der Waals surface area (Å²) in [5.41, 5.74) is 9.41. The van der Waals surface area contributed by atoms with Crippen LogP contribution in [-0.4, -0.2) is 126 Å². The molecule has 72 heavy (non-hydrogen) atoms. The standard InChI is InChI=1S/C26H30Cl2N4O4.C25H29Cl2N5O4/c1-14-12-32(25(33)36-26(2,3)4)13-18(14)31-24-29-11-16-9-15(7-8-17(16)30-24)21-22(27)19(34-5)10-20(35-6)23(21)28;1-25(2,3)36-24(33)32-11-15(28)17(12-32)31-23-29-10-14-8-13(6-7-16(14)30-23)20-21(26)18(34-4)9-19(35-5)22(20)27/h7-11,14,18H,12-13H2,1-6H3,(H,29,30,31);6-10,15,17H,11-12,28H2,1-5H3,(H,29,30,31)/t14-,18?;15-,17?/m00/s1. The number of rotatable bonds is 10. The van der Waals surface area contributed by atoms with Crippen LogP contribution in [0.5, 0.6) is 23.0 Å². The number of hydrogen-bond donors (Lipinski definition) is 3. The first-order valence-corrected chi connectivity index (χ1v) is 24.5. The minimum Gasteiger partial charge on any atom is -0.495 e. The predicted octanol–water partition coefficient (Wildman–Crippen LogP) is 11.3. The number of aromatic nitrogens is 4. The predicted molar refractivity (Wildman–Crippen MR) is 284 cm³/mol. The molecule has 0 spiro atoms. The van der Waals surface area contributed by atoms with Crippen LogP contribution in [-0.2, 0) is 9.47 Å². The van der Waals surface area contributed by atoms with Crippen molar-refractivity contribution in [1.29, 1.82) is 0 Å². The Morgan fingerprint density at radius 2 is 0.958 bits per heavy atom. The molecule has 6 aromatic rings. The second-order valence-corrected chi connectivity index (χ2v) is 20.9. The fourth-order valence-electron chi connectivity index (χ4n) is 8.21. The lowest BCUT2D eigenvalue weighted by atomic mass is 10.0. The van der Waals surface area contributed by atoms with Gasteiger partial charge < -0.3 is 54.6 Å². The van der Waals surface area contributed by atoms with E-state index in [-0.39, 0.29) is 36.2 Å². The summed E-state index contributed by atoms with van der Waals surface area (Å²) in [6.07, 6.45) is 2.76. The average Bonchev–Trinajstić information content (AvgIpc) is 3.88. The Morgan fingerprint density at radius 3 is 1.35 bits per heavy atom. The molecule has 21 heteroatoms. The van der Waals surface area contributed by atoms with Gasteiger partial charge in [-0.05, 0) is 82.9 Å². The Morgan fingerprint density at radius 1 is 0.583 bits per heavy atom. The zero-order valence-corrected chi connectivity index (χ0v) is 45.0. The Bertz CT molecular complexity index is 2740. The van der Waals surface area contributed by atoms with Crippen molar-refractivity contribution in [2.45, 2.75) is 77.8 Å². The zero-order chi connectivity index (χ0) is 52.4. The number of halogens is 4. The van der Waals surface area contributed by atoms with Crippen molar-refractivity contribution in [1.82, 2.24) is 29.7 Å². The first-order chi connectivity index (χ1) is 34.0. The van der Waals surface area contributed by atoms with Gasteiger partial charge in [-0.2, -0.15) is 0 Å². The van der Waals surface area contributed by atoms with Gasteiger partial charge in [0, 0.05) is 78.6 Å². The number of anilines is 2. The minimum atomic E-state index is -0.572. The summed E-state index contributed by atoms with van der Waals surface area (Å²) in [5.74, 6) is 2.98. The van der Waals surface area contributed by atoms with E-state index in [1.165, 1.54) is 14.2 Å². The molecule has 17 nitrogen and oxygen atoms in total. The van der Waals surface area contributed by atoms with E-state index in [0.29, 0.717) is 97.8 Å². The lowest BCUT2D eigenvalue weighted by Crippen LogP contribution is -2.39. The molecule has 4 N–H and O–H groups in total. The van der Waals surface area contributed by atoms with Gasteiger partial charge in [-0.3, -0.25) is 0 Å². The highest BCUT2D eigenvalue weighted by atomic mass is 35.5. The molecule has 2 fully saturated rings. The summed E-state index contributed by atoms with van der Waals surface area (Å²) >= 11 is 26.3. The smallest absolute Gasteiger partial charge is 0.410 e. The van der Waals surface area contributed by atoms with Crippen molar-refractivity contribution in [3.05, 3.63) is 81.0 Å². The number of likely N-dealkylation sites (tertiary alicyclic amines) is 2. The first kappa shape index (κ1) is 53.8. The van der Waals surface area contributed by atoms with E-state index in [1.54, 1.807) is 48.5 Å². The molecule has 4 aromatic carbocycles. The fraction of sp³-hybridized carbons (Fsp3) is 0.412. The number of nitrogens with zero attached hydrogens (tertiary/aromatic N) is 6. The van der Waals surface area contributed by atoms with Crippen LogP contribution in [0.15, 0.2) is 60.9 Å². The largest absolute Gasteiger partial charge is 0.495 e. The number of hydrogen-bond acceptors (Lipinski definition) is 15. The summed E-state index contributed by atoms with van der Waals surface area (Å²) in [6.45, 7) is 15.1. The van der Waals surface area contributed by atoms with Gasteiger partial charge in [-0.25, -0.2) is 29.5 Å². The number of nitrogens with two attached hydrogens (primary N) is 1. The van der Waals surface area contributed by atoms with Gasteiger partial charge in [0.05, 0.1) is 71.6 Å². The molecule has 0 saturated carbocycles. The highest BCUT2D eigenvalue weighted by Crippen LogP contribution is 2.48. The van der Waals surface area contributed by atoms with E-state index in [0.717, 1.165) is 27.4 Å². The van der Waals surface area contributed by atoms with Crippen LogP contribution >= 0.6 is 46.4 Å². The van der Waals surface area contributed by atoms with Gasteiger partial charge in [-0.15, -0.1) is 0 Å². The highest BCUT2D eigenvalue weighted by Gasteiger charge is 2.37. The molecule has 2 saturated heterocycles. The van der Waals surface area contributed by atoms with Crippen LogP contribution in [0.2, 0.25) is 20.1 Å². The normalized spacial score (nSPS) is 17.8. The van der Waals surface area contributed by atoms with Gasteiger partial charge in [0.25, 0.3) is 0 Å².